The molecule has 0 saturated carbocycles. The van der Waals surface area contributed by atoms with Crippen LogP contribution in [0.3, 0.4) is 0 Å². The van der Waals surface area contributed by atoms with E-state index in [9.17, 15) is 0 Å². The van der Waals surface area contributed by atoms with Gasteiger partial charge in [-0.05, 0) is 36.7 Å². The highest BCUT2D eigenvalue weighted by Crippen LogP contribution is 2.19. The van der Waals surface area contributed by atoms with Gasteiger partial charge in [0.2, 0.25) is 0 Å². The third kappa shape index (κ3) is 3.89. The number of hydrogen-bond acceptors (Lipinski definition) is 3. The van der Waals surface area contributed by atoms with Crippen molar-refractivity contribution >= 4 is 0 Å². The van der Waals surface area contributed by atoms with Crippen LogP contribution in [-0.2, 0) is 17.9 Å². The topological polar surface area (TPSA) is 25.4 Å². The zero-order valence-electron chi connectivity index (χ0n) is 12.4. The summed E-state index contributed by atoms with van der Waals surface area (Å²) in [6, 6.07) is 13.0. The fraction of sp³-hybridized carbons (Fsp3) is 0.353. The Bertz CT molecular complexity index is 510. The van der Waals surface area contributed by atoms with E-state index in [2.05, 4.69) is 54.2 Å². The molecule has 0 saturated heterocycles. The highest BCUT2D eigenvalue weighted by atomic mass is 16.5. The summed E-state index contributed by atoms with van der Waals surface area (Å²) in [4.78, 5) is 6.51. The monoisotopic (exact) mass is 270 g/mol. The van der Waals surface area contributed by atoms with Gasteiger partial charge in [0.1, 0.15) is 0 Å². The molecule has 0 aliphatic rings. The predicted octanol–water partition coefficient (Wildman–Crippen LogP) is 3.42. The smallest absolute Gasteiger partial charge is 0.0713 e. The van der Waals surface area contributed by atoms with E-state index in [1.807, 2.05) is 18.5 Å². The van der Waals surface area contributed by atoms with E-state index in [0.717, 1.165) is 6.54 Å². The summed E-state index contributed by atoms with van der Waals surface area (Å²) in [5.74, 6) is 0. The Morgan fingerprint density at radius 3 is 2.45 bits per heavy atom. The third-order valence-electron chi connectivity index (χ3n) is 3.59. The highest BCUT2D eigenvalue weighted by Gasteiger charge is 2.11. The maximum Gasteiger partial charge on any atom is 0.0713 e. The molecule has 0 aliphatic carbocycles. The maximum atomic E-state index is 5.13. The van der Waals surface area contributed by atoms with Crippen LogP contribution in [0, 0.1) is 0 Å². The van der Waals surface area contributed by atoms with Crippen LogP contribution in [-0.4, -0.2) is 24.0 Å². The largest absolute Gasteiger partial charge is 0.380 e. The molecule has 2 aromatic rings. The van der Waals surface area contributed by atoms with Crippen molar-refractivity contribution in [2.75, 3.05) is 14.2 Å². The number of benzene rings is 1. The number of rotatable bonds is 6. The van der Waals surface area contributed by atoms with Gasteiger partial charge in [0, 0.05) is 32.1 Å². The molecule has 1 heterocycles. The number of aromatic nitrogens is 1. The van der Waals surface area contributed by atoms with Crippen molar-refractivity contribution in [3.63, 3.8) is 0 Å². The van der Waals surface area contributed by atoms with Crippen molar-refractivity contribution in [1.82, 2.24) is 9.88 Å². The third-order valence-corrected chi connectivity index (χ3v) is 3.59. The molecule has 0 N–H and O–H groups in total. The van der Waals surface area contributed by atoms with E-state index in [1.54, 1.807) is 7.11 Å². The molecular formula is C17H22N2O. The Labute approximate surface area is 121 Å². The second kappa shape index (κ2) is 7.17. The molecule has 0 unspecified atom stereocenters. The Morgan fingerprint density at radius 1 is 1.15 bits per heavy atom. The van der Waals surface area contributed by atoms with Crippen LogP contribution in [0.25, 0.3) is 0 Å². The van der Waals surface area contributed by atoms with Crippen LogP contribution in [0.15, 0.2) is 48.8 Å². The van der Waals surface area contributed by atoms with Gasteiger partial charge in [-0.15, -0.1) is 0 Å². The molecule has 3 heteroatoms. The summed E-state index contributed by atoms with van der Waals surface area (Å²) in [7, 11) is 3.86. The van der Waals surface area contributed by atoms with Gasteiger partial charge in [0.25, 0.3) is 0 Å². The first kappa shape index (κ1) is 14.7. The zero-order valence-corrected chi connectivity index (χ0v) is 12.4. The highest BCUT2D eigenvalue weighted by molar-refractivity contribution is 5.22. The second-order valence-corrected chi connectivity index (χ2v) is 5.13. The lowest BCUT2D eigenvalue weighted by Crippen LogP contribution is -2.22. The van der Waals surface area contributed by atoms with Crippen molar-refractivity contribution in [3.05, 3.63) is 65.5 Å². The van der Waals surface area contributed by atoms with E-state index < -0.39 is 0 Å². The number of pyridine rings is 1. The van der Waals surface area contributed by atoms with Crippen molar-refractivity contribution in [1.29, 1.82) is 0 Å². The van der Waals surface area contributed by atoms with E-state index >= 15 is 0 Å². The SMILES string of the molecule is COCc1ccc(CN(C)[C@H](C)c2cccnc2)cc1. The van der Waals surface area contributed by atoms with E-state index in [0.29, 0.717) is 12.6 Å². The van der Waals surface area contributed by atoms with Gasteiger partial charge in [0.05, 0.1) is 6.61 Å². The molecule has 1 aromatic carbocycles. The van der Waals surface area contributed by atoms with Crippen molar-refractivity contribution in [3.8, 4) is 0 Å². The van der Waals surface area contributed by atoms with Gasteiger partial charge in [-0.1, -0.05) is 30.3 Å². The molecule has 1 atom stereocenters. The van der Waals surface area contributed by atoms with Gasteiger partial charge in [-0.3, -0.25) is 9.88 Å². The molecule has 0 bridgehead atoms. The normalized spacial score (nSPS) is 12.6. The first-order chi connectivity index (χ1) is 9.70. The Kier molecular flexibility index (Phi) is 5.27. The van der Waals surface area contributed by atoms with Crippen LogP contribution in [0.4, 0.5) is 0 Å². The second-order valence-electron chi connectivity index (χ2n) is 5.13. The molecule has 3 nitrogen and oxygen atoms in total. The van der Waals surface area contributed by atoms with E-state index in [1.165, 1.54) is 16.7 Å². The van der Waals surface area contributed by atoms with Crippen LogP contribution < -0.4 is 0 Å². The quantitative estimate of drug-likeness (QED) is 0.804. The summed E-state index contributed by atoms with van der Waals surface area (Å²) in [6.07, 6.45) is 3.74. The standard InChI is InChI=1S/C17H22N2O/c1-14(17-5-4-10-18-11-17)19(2)12-15-6-8-16(9-7-15)13-20-3/h4-11,14H,12-13H2,1-3H3/t14-/m1/s1. The minimum atomic E-state index is 0.349. The lowest BCUT2D eigenvalue weighted by atomic mass is 10.1. The summed E-state index contributed by atoms with van der Waals surface area (Å²) >= 11 is 0. The van der Waals surface area contributed by atoms with Crippen LogP contribution in [0.2, 0.25) is 0 Å². The predicted molar refractivity (Wildman–Crippen MR) is 81.3 cm³/mol. The first-order valence-corrected chi connectivity index (χ1v) is 6.87. The van der Waals surface area contributed by atoms with Gasteiger partial charge in [-0.2, -0.15) is 0 Å². The molecule has 0 amide bonds. The summed E-state index contributed by atoms with van der Waals surface area (Å²) in [6.45, 7) is 3.79. The Hall–Kier alpha value is -1.71. The number of methoxy groups -OCH3 is 1. The number of nitrogens with zero attached hydrogens (tertiary/aromatic N) is 2. The summed E-state index contributed by atoms with van der Waals surface area (Å²) in [5, 5.41) is 0. The molecule has 0 spiro atoms. The van der Waals surface area contributed by atoms with Crippen molar-refractivity contribution in [2.24, 2.45) is 0 Å². The van der Waals surface area contributed by atoms with Crippen LogP contribution in [0.1, 0.15) is 29.7 Å². The minimum Gasteiger partial charge on any atom is -0.380 e. The molecule has 1 aromatic heterocycles. The van der Waals surface area contributed by atoms with Crippen LogP contribution >= 0.6 is 0 Å². The fourth-order valence-corrected chi connectivity index (χ4v) is 2.21. The molecule has 106 valence electrons. The van der Waals surface area contributed by atoms with Gasteiger partial charge in [-0.25, -0.2) is 0 Å². The first-order valence-electron chi connectivity index (χ1n) is 6.87. The van der Waals surface area contributed by atoms with Crippen molar-refractivity contribution < 1.29 is 4.74 Å². The average molecular weight is 270 g/mol. The average Bonchev–Trinajstić information content (AvgIpc) is 2.49. The van der Waals surface area contributed by atoms with Crippen LogP contribution in [0.5, 0.6) is 0 Å². The molecular weight excluding hydrogens is 248 g/mol. The number of ether oxygens (including phenoxy) is 1. The van der Waals surface area contributed by atoms with E-state index in [4.69, 9.17) is 4.74 Å². The fourth-order valence-electron chi connectivity index (χ4n) is 2.21. The summed E-state index contributed by atoms with van der Waals surface area (Å²) in [5.41, 5.74) is 3.76. The zero-order chi connectivity index (χ0) is 14.4. The molecule has 20 heavy (non-hydrogen) atoms. The van der Waals surface area contributed by atoms with E-state index in [-0.39, 0.29) is 0 Å². The Balaban J connectivity index is 1.98. The maximum absolute atomic E-state index is 5.13. The number of hydrogen-bond donors (Lipinski definition) is 0. The molecule has 2 rings (SSSR count). The Morgan fingerprint density at radius 2 is 1.85 bits per heavy atom. The lowest BCUT2D eigenvalue weighted by molar-refractivity contribution is 0.185. The molecule has 0 fully saturated rings. The molecule has 0 aliphatic heterocycles. The van der Waals surface area contributed by atoms with Crippen molar-refractivity contribution in [2.45, 2.75) is 26.1 Å². The summed E-state index contributed by atoms with van der Waals surface area (Å²) < 4.78 is 5.13. The van der Waals surface area contributed by atoms with Gasteiger partial charge < -0.3 is 4.74 Å². The minimum absolute atomic E-state index is 0.349. The van der Waals surface area contributed by atoms with Gasteiger partial charge >= 0.3 is 0 Å². The van der Waals surface area contributed by atoms with Gasteiger partial charge in [0.15, 0.2) is 0 Å². The molecule has 0 radical (unpaired) electrons. The lowest BCUT2D eigenvalue weighted by Gasteiger charge is -2.25.